The fourth-order valence-corrected chi connectivity index (χ4v) is 0.882. The number of ether oxygens (including phenoxy) is 1. The zero-order chi connectivity index (χ0) is 10.6. The van der Waals surface area contributed by atoms with Gasteiger partial charge < -0.3 is 10.5 Å². The van der Waals surface area contributed by atoms with Gasteiger partial charge in [0.2, 0.25) is 5.96 Å². The molecule has 0 aromatic heterocycles. The quantitative estimate of drug-likeness (QED) is 0.373. The van der Waals surface area contributed by atoms with E-state index in [1.165, 1.54) is 25.3 Å². The molecule has 0 radical (unpaired) electrons. The summed E-state index contributed by atoms with van der Waals surface area (Å²) in [5.41, 5.74) is 7.22. The summed E-state index contributed by atoms with van der Waals surface area (Å²) in [6.07, 6.45) is 0. The number of benzene rings is 1. The molecule has 4 N–H and O–H groups in total. The van der Waals surface area contributed by atoms with Crippen molar-refractivity contribution >= 4 is 11.6 Å². The van der Waals surface area contributed by atoms with Crippen LogP contribution in [0.3, 0.4) is 0 Å². The average Bonchev–Trinajstić information content (AvgIpc) is 2.20. The van der Waals surface area contributed by atoms with Gasteiger partial charge in [0, 0.05) is 6.07 Å². The van der Waals surface area contributed by atoms with Gasteiger partial charge in [0.25, 0.3) is 0 Å². The molecule has 76 valence electrons. The first-order valence-corrected chi connectivity index (χ1v) is 3.75. The molecule has 0 unspecified atom stereocenters. The first-order valence-electron chi connectivity index (χ1n) is 3.75. The molecule has 1 aromatic rings. The van der Waals surface area contributed by atoms with Gasteiger partial charge in [-0.3, -0.25) is 5.21 Å². The van der Waals surface area contributed by atoms with Gasteiger partial charge in [0.15, 0.2) is 11.6 Å². The van der Waals surface area contributed by atoms with Crippen LogP contribution in [0.15, 0.2) is 23.2 Å². The third-order valence-corrected chi connectivity index (χ3v) is 1.50. The number of aliphatic imine (C=N–C) groups is 1. The van der Waals surface area contributed by atoms with E-state index in [1.807, 2.05) is 0 Å². The minimum absolute atomic E-state index is 0.0667. The number of hydroxylamine groups is 1. The first kappa shape index (κ1) is 10.3. The molecule has 0 aliphatic rings. The van der Waals surface area contributed by atoms with Gasteiger partial charge in [0.05, 0.1) is 12.8 Å². The number of nitrogens with one attached hydrogen (secondary N) is 1. The molecule has 14 heavy (non-hydrogen) atoms. The number of nitrogens with two attached hydrogens (primary N) is 1. The van der Waals surface area contributed by atoms with Crippen molar-refractivity contribution in [3.63, 3.8) is 0 Å². The Morgan fingerprint density at radius 3 is 2.93 bits per heavy atom. The van der Waals surface area contributed by atoms with Crippen LogP contribution in [-0.4, -0.2) is 18.3 Å². The number of hydrogen-bond acceptors (Lipinski definition) is 3. The van der Waals surface area contributed by atoms with Crippen LogP contribution in [-0.2, 0) is 0 Å². The molecule has 0 aliphatic carbocycles. The number of hydrogen-bond donors (Lipinski definition) is 3. The van der Waals surface area contributed by atoms with Crippen LogP contribution in [0.25, 0.3) is 0 Å². The summed E-state index contributed by atoms with van der Waals surface area (Å²) < 4.78 is 17.7. The maximum absolute atomic E-state index is 12.9. The van der Waals surface area contributed by atoms with Crippen LogP contribution < -0.4 is 16.0 Å². The normalized spacial score (nSPS) is 11.2. The highest BCUT2D eigenvalue weighted by Crippen LogP contribution is 2.23. The highest BCUT2D eigenvalue weighted by molar-refractivity contribution is 5.79. The molecule has 6 heteroatoms. The third kappa shape index (κ3) is 2.33. The molecule has 5 nitrogen and oxygen atoms in total. The maximum atomic E-state index is 12.9. The topological polar surface area (TPSA) is 79.9 Å². The van der Waals surface area contributed by atoms with Crippen molar-refractivity contribution in [2.45, 2.75) is 0 Å². The second-order valence-corrected chi connectivity index (χ2v) is 2.43. The van der Waals surface area contributed by atoms with Crippen LogP contribution in [0.4, 0.5) is 10.1 Å². The number of halogens is 1. The van der Waals surface area contributed by atoms with Gasteiger partial charge in [-0.05, 0) is 12.1 Å². The Bertz CT molecular complexity index is 354. The van der Waals surface area contributed by atoms with E-state index in [4.69, 9.17) is 15.7 Å². The summed E-state index contributed by atoms with van der Waals surface area (Å²) >= 11 is 0. The lowest BCUT2D eigenvalue weighted by Crippen LogP contribution is -2.27. The van der Waals surface area contributed by atoms with Gasteiger partial charge in [-0.1, -0.05) is 0 Å². The third-order valence-electron chi connectivity index (χ3n) is 1.50. The minimum atomic E-state index is -0.484. The summed E-state index contributed by atoms with van der Waals surface area (Å²) in [7, 11) is 1.35. The van der Waals surface area contributed by atoms with Crippen molar-refractivity contribution in [2.75, 3.05) is 7.11 Å². The van der Waals surface area contributed by atoms with E-state index in [0.717, 1.165) is 0 Å². The average molecular weight is 199 g/mol. The Balaban J connectivity index is 3.01. The molecular weight excluding hydrogens is 189 g/mol. The standard InChI is InChI=1S/C8H10FN3O2/c1-14-7-4-5(2-3-6(7)9)11-8(10)12-13/h2-4,13H,1H3,(H3,10,11,12). The monoisotopic (exact) mass is 199 g/mol. The summed E-state index contributed by atoms with van der Waals surface area (Å²) in [4.78, 5) is 3.71. The first-order chi connectivity index (χ1) is 6.67. The van der Waals surface area contributed by atoms with Crippen LogP contribution in [0.5, 0.6) is 5.75 Å². The van der Waals surface area contributed by atoms with Gasteiger partial charge in [-0.15, -0.1) is 0 Å². The smallest absolute Gasteiger partial charge is 0.218 e. The Labute approximate surface area is 80.0 Å². The number of methoxy groups -OCH3 is 1. The van der Waals surface area contributed by atoms with E-state index in [-0.39, 0.29) is 11.7 Å². The van der Waals surface area contributed by atoms with Gasteiger partial charge in [-0.2, -0.15) is 0 Å². The summed E-state index contributed by atoms with van der Waals surface area (Å²) in [6, 6.07) is 3.96. The summed E-state index contributed by atoms with van der Waals surface area (Å²) in [6.45, 7) is 0. The van der Waals surface area contributed by atoms with Gasteiger partial charge >= 0.3 is 0 Å². The molecule has 0 heterocycles. The fourth-order valence-electron chi connectivity index (χ4n) is 0.882. The van der Waals surface area contributed by atoms with Crippen LogP contribution in [0.1, 0.15) is 0 Å². The highest BCUT2D eigenvalue weighted by Gasteiger charge is 2.02. The van der Waals surface area contributed by atoms with E-state index in [9.17, 15) is 4.39 Å². The van der Waals surface area contributed by atoms with E-state index < -0.39 is 5.82 Å². The van der Waals surface area contributed by atoms with Crippen LogP contribution in [0, 0.1) is 5.82 Å². The molecule has 0 spiro atoms. The SMILES string of the molecule is COc1cc(N=C(N)NO)ccc1F. The molecular formula is C8H10FN3O2. The van der Waals surface area contributed by atoms with Crippen LogP contribution >= 0.6 is 0 Å². The molecule has 0 saturated carbocycles. The van der Waals surface area contributed by atoms with E-state index in [2.05, 4.69) is 4.99 Å². The van der Waals surface area contributed by atoms with Crippen LogP contribution in [0.2, 0.25) is 0 Å². The van der Waals surface area contributed by atoms with E-state index >= 15 is 0 Å². The Kier molecular flexibility index (Phi) is 3.24. The summed E-state index contributed by atoms with van der Waals surface area (Å²) in [5, 5.41) is 8.37. The highest BCUT2D eigenvalue weighted by atomic mass is 19.1. The van der Waals surface area contributed by atoms with Gasteiger partial charge in [0.1, 0.15) is 0 Å². The predicted octanol–water partition coefficient (Wildman–Crippen LogP) is 0.759. The zero-order valence-corrected chi connectivity index (χ0v) is 7.49. The van der Waals surface area contributed by atoms with E-state index in [1.54, 1.807) is 5.48 Å². The number of nitrogens with zero attached hydrogens (tertiary/aromatic N) is 1. The molecule has 0 amide bonds. The lowest BCUT2D eigenvalue weighted by Gasteiger charge is -2.02. The molecule has 0 atom stereocenters. The molecule has 0 saturated heterocycles. The largest absolute Gasteiger partial charge is 0.494 e. The van der Waals surface area contributed by atoms with Crippen molar-refractivity contribution in [1.82, 2.24) is 5.48 Å². The van der Waals surface area contributed by atoms with E-state index in [0.29, 0.717) is 5.69 Å². The van der Waals surface area contributed by atoms with Crippen molar-refractivity contribution in [3.8, 4) is 5.75 Å². The minimum Gasteiger partial charge on any atom is -0.494 e. The fraction of sp³-hybridized carbons (Fsp3) is 0.125. The maximum Gasteiger partial charge on any atom is 0.218 e. The Hall–Kier alpha value is -1.82. The second-order valence-electron chi connectivity index (χ2n) is 2.43. The molecule has 0 bridgehead atoms. The molecule has 0 fully saturated rings. The number of rotatable bonds is 2. The second kappa shape index (κ2) is 4.43. The predicted molar refractivity (Wildman–Crippen MR) is 49.2 cm³/mol. The lowest BCUT2D eigenvalue weighted by atomic mass is 10.3. The lowest BCUT2D eigenvalue weighted by molar-refractivity contribution is 0.233. The van der Waals surface area contributed by atoms with Gasteiger partial charge in [-0.25, -0.2) is 14.9 Å². The molecule has 1 rings (SSSR count). The molecule has 0 aliphatic heterocycles. The summed E-state index contributed by atoms with van der Waals surface area (Å²) in [5.74, 6) is -0.599. The number of guanidine groups is 1. The zero-order valence-electron chi connectivity index (χ0n) is 7.49. The van der Waals surface area contributed by atoms with Crippen molar-refractivity contribution in [1.29, 1.82) is 0 Å². The molecule has 1 aromatic carbocycles. The van der Waals surface area contributed by atoms with Crippen molar-refractivity contribution in [2.24, 2.45) is 10.7 Å². The van der Waals surface area contributed by atoms with Crippen molar-refractivity contribution in [3.05, 3.63) is 24.0 Å². The van der Waals surface area contributed by atoms with Crippen molar-refractivity contribution < 1.29 is 14.3 Å². The Morgan fingerprint density at radius 1 is 1.64 bits per heavy atom. The Morgan fingerprint density at radius 2 is 2.36 bits per heavy atom.